The summed E-state index contributed by atoms with van der Waals surface area (Å²) in [6.45, 7) is 0. The molecule has 0 saturated heterocycles. The molecule has 1 aliphatic carbocycles. The predicted molar refractivity (Wildman–Crippen MR) is 36.1 cm³/mol. The number of carbonyl (C=O) groups excluding carboxylic acids is 1. The Hall–Kier alpha value is -1.02. The van der Waals surface area contributed by atoms with Crippen molar-refractivity contribution in [1.82, 2.24) is 0 Å². The third-order valence-electron chi connectivity index (χ3n) is 1.85. The molecule has 10 heavy (non-hydrogen) atoms. The topological polar surface area (TPSA) is 65.8 Å². The summed E-state index contributed by atoms with van der Waals surface area (Å²) >= 11 is 0. The molecule has 0 aromatic rings. The fraction of sp³-hybridized carbons (Fsp3) is 0.833. The lowest BCUT2D eigenvalue weighted by molar-refractivity contribution is -0.121. The summed E-state index contributed by atoms with van der Waals surface area (Å²) < 4.78 is 0. The van der Waals surface area contributed by atoms with Gasteiger partial charge in [0.2, 0.25) is 5.91 Å². The van der Waals surface area contributed by atoms with Crippen LogP contribution in [-0.2, 0) is 4.79 Å². The van der Waals surface area contributed by atoms with Crippen LogP contribution in [0.3, 0.4) is 0 Å². The van der Waals surface area contributed by atoms with Crippen molar-refractivity contribution in [2.24, 2.45) is 11.0 Å². The zero-order valence-electron chi connectivity index (χ0n) is 5.66. The van der Waals surface area contributed by atoms with Gasteiger partial charge in [0.25, 0.3) is 0 Å². The predicted octanol–water partition coefficient (Wildman–Crippen LogP) is 2.01. The van der Waals surface area contributed by atoms with Gasteiger partial charge in [-0.15, -0.1) is 0 Å². The maximum Gasteiger partial charge on any atom is 0.222 e. The lowest BCUT2D eigenvalue weighted by atomic mass is 10.1. The van der Waals surface area contributed by atoms with Crippen LogP contribution in [0.4, 0.5) is 0 Å². The van der Waals surface area contributed by atoms with E-state index < -0.39 is 0 Å². The van der Waals surface area contributed by atoms with Crippen LogP contribution in [0.1, 0.15) is 25.7 Å². The zero-order chi connectivity index (χ0) is 7.40. The first-order valence-corrected chi connectivity index (χ1v) is 3.43. The summed E-state index contributed by atoms with van der Waals surface area (Å²) in [6.07, 6.45) is 3.99. The van der Waals surface area contributed by atoms with E-state index >= 15 is 0 Å². The molecule has 54 valence electrons. The first-order valence-electron chi connectivity index (χ1n) is 3.43. The van der Waals surface area contributed by atoms with E-state index in [2.05, 4.69) is 10.0 Å². The van der Waals surface area contributed by atoms with Crippen molar-refractivity contribution >= 4 is 5.91 Å². The normalized spacial score (nSPS) is 18.4. The molecule has 1 rings (SSSR count). The smallest absolute Gasteiger partial charge is 0.222 e. The van der Waals surface area contributed by atoms with Crippen molar-refractivity contribution in [1.29, 1.82) is 0 Å². The number of azide groups is 1. The summed E-state index contributed by atoms with van der Waals surface area (Å²) in [5.74, 6) is -0.254. The number of nitrogens with zero attached hydrogens (tertiary/aromatic N) is 3. The van der Waals surface area contributed by atoms with Gasteiger partial charge in [0.1, 0.15) is 0 Å². The van der Waals surface area contributed by atoms with Crippen molar-refractivity contribution in [2.45, 2.75) is 25.7 Å². The van der Waals surface area contributed by atoms with Gasteiger partial charge in [0, 0.05) is 10.8 Å². The molecule has 0 aromatic heterocycles. The molecular formula is C6H9N3O. The minimum Gasteiger partial charge on any atom is -0.292 e. The van der Waals surface area contributed by atoms with Crippen molar-refractivity contribution in [2.75, 3.05) is 0 Å². The largest absolute Gasteiger partial charge is 0.292 e. The van der Waals surface area contributed by atoms with Gasteiger partial charge in [-0.1, -0.05) is 12.8 Å². The molecule has 0 unspecified atom stereocenters. The second kappa shape index (κ2) is 3.22. The number of hydrogen-bond donors (Lipinski definition) is 0. The van der Waals surface area contributed by atoms with Gasteiger partial charge < -0.3 is 0 Å². The minimum absolute atomic E-state index is 0.0240. The molecule has 0 radical (unpaired) electrons. The van der Waals surface area contributed by atoms with Crippen LogP contribution in [0.15, 0.2) is 5.11 Å². The zero-order valence-corrected chi connectivity index (χ0v) is 5.66. The molecule has 0 heterocycles. The van der Waals surface area contributed by atoms with Gasteiger partial charge >= 0.3 is 0 Å². The Morgan fingerprint density at radius 1 is 1.50 bits per heavy atom. The van der Waals surface area contributed by atoms with Crippen LogP contribution in [0.2, 0.25) is 0 Å². The lowest BCUT2D eigenvalue weighted by Crippen LogP contribution is -2.05. The quantitative estimate of drug-likeness (QED) is 0.311. The second-order valence-corrected chi connectivity index (χ2v) is 2.51. The summed E-state index contributed by atoms with van der Waals surface area (Å²) in [6, 6.07) is 0. The monoisotopic (exact) mass is 139 g/mol. The molecule has 1 saturated carbocycles. The molecular weight excluding hydrogens is 130 g/mol. The van der Waals surface area contributed by atoms with Gasteiger partial charge in [-0.3, -0.25) is 4.79 Å². The average molecular weight is 139 g/mol. The van der Waals surface area contributed by atoms with E-state index in [0.29, 0.717) is 0 Å². The fourth-order valence-corrected chi connectivity index (χ4v) is 1.30. The summed E-state index contributed by atoms with van der Waals surface area (Å²) in [7, 11) is 0. The molecule has 0 bridgehead atoms. The van der Waals surface area contributed by atoms with Gasteiger partial charge in [0.05, 0.1) is 0 Å². The lowest BCUT2D eigenvalue weighted by Gasteiger charge is -1.98. The molecule has 0 aromatic carbocycles. The van der Waals surface area contributed by atoms with E-state index in [1.165, 1.54) is 0 Å². The Morgan fingerprint density at radius 3 is 2.60 bits per heavy atom. The van der Waals surface area contributed by atoms with Crippen molar-refractivity contribution in [3.8, 4) is 0 Å². The van der Waals surface area contributed by atoms with E-state index in [0.717, 1.165) is 25.7 Å². The summed E-state index contributed by atoms with van der Waals surface area (Å²) in [5, 5.41) is 3.05. The van der Waals surface area contributed by atoms with Gasteiger partial charge in [-0.25, -0.2) is 0 Å². The van der Waals surface area contributed by atoms with Gasteiger partial charge in [-0.2, -0.15) is 0 Å². The first-order chi connectivity index (χ1) is 4.84. The molecule has 4 nitrogen and oxygen atoms in total. The SMILES string of the molecule is [N-]=[N+]=NC(=O)C1CCCC1. The summed E-state index contributed by atoms with van der Waals surface area (Å²) in [5.41, 5.74) is 7.93. The third kappa shape index (κ3) is 1.48. The molecule has 4 heteroatoms. The van der Waals surface area contributed by atoms with Crippen molar-refractivity contribution in [3.63, 3.8) is 0 Å². The maximum absolute atomic E-state index is 10.8. The number of amides is 1. The molecule has 0 atom stereocenters. The van der Waals surface area contributed by atoms with Crippen LogP contribution in [0.5, 0.6) is 0 Å². The van der Waals surface area contributed by atoms with Gasteiger partial charge in [0.15, 0.2) is 0 Å². The molecule has 0 N–H and O–H groups in total. The molecule has 0 spiro atoms. The number of rotatable bonds is 1. The first kappa shape index (κ1) is 7.09. The van der Waals surface area contributed by atoms with Crippen LogP contribution in [0, 0.1) is 5.92 Å². The Balaban J connectivity index is 2.47. The maximum atomic E-state index is 10.8. The highest BCUT2D eigenvalue weighted by molar-refractivity contribution is 5.79. The van der Waals surface area contributed by atoms with Crippen molar-refractivity contribution < 1.29 is 4.79 Å². The Morgan fingerprint density at radius 2 is 2.10 bits per heavy atom. The Kier molecular flexibility index (Phi) is 2.29. The highest BCUT2D eigenvalue weighted by atomic mass is 16.1. The highest BCUT2D eigenvalue weighted by Gasteiger charge is 2.20. The second-order valence-electron chi connectivity index (χ2n) is 2.51. The number of hydrogen-bond acceptors (Lipinski definition) is 1. The fourth-order valence-electron chi connectivity index (χ4n) is 1.30. The van der Waals surface area contributed by atoms with E-state index in [9.17, 15) is 4.79 Å². The Labute approximate surface area is 58.9 Å². The molecule has 1 amide bonds. The van der Waals surface area contributed by atoms with E-state index in [-0.39, 0.29) is 11.8 Å². The average Bonchev–Trinajstić information content (AvgIpc) is 2.38. The highest BCUT2D eigenvalue weighted by Crippen LogP contribution is 2.25. The van der Waals surface area contributed by atoms with Crippen molar-refractivity contribution in [3.05, 3.63) is 10.4 Å². The van der Waals surface area contributed by atoms with E-state index in [1.54, 1.807) is 0 Å². The minimum atomic E-state index is -0.278. The van der Waals surface area contributed by atoms with Crippen LogP contribution in [-0.4, -0.2) is 5.91 Å². The van der Waals surface area contributed by atoms with Crippen LogP contribution >= 0.6 is 0 Å². The van der Waals surface area contributed by atoms with Crippen LogP contribution < -0.4 is 0 Å². The van der Waals surface area contributed by atoms with E-state index in [4.69, 9.17) is 5.53 Å². The molecule has 0 aliphatic heterocycles. The Bertz CT molecular complexity index is 177. The van der Waals surface area contributed by atoms with E-state index in [1.807, 2.05) is 0 Å². The summed E-state index contributed by atoms with van der Waals surface area (Å²) in [4.78, 5) is 13.3. The van der Waals surface area contributed by atoms with Crippen LogP contribution in [0.25, 0.3) is 10.4 Å². The number of carbonyl (C=O) groups is 1. The standard InChI is InChI=1S/C6H9N3O/c7-9-8-6(10)5-3-1-2-4-5/h5H,1-4H2. The van der Waals surface area contributed by atoms with Gasteiger partial charge in [-0.05, 0) is 23.5 Å². The molecule has 1 fully saturated rings. The molecule has 1 aliphatic rings. The third-order valence-corrected chi connectivity index (χ3v) is 1.85.